The first kappa shape index (κ1) is 16.7. The van der Waals surface area contributed by atoms with Crippen LogP contribution in [0.3, 0.4) is 0 Å². The van der Waals surface area contributed by atoms with Crippen LogP contribution in [-0.2, 0) is 0 Å². The minimum absolute atomic E-state index is 0.0891. The minimum atomic E-state index is 0.0891. The highest BCUT2D eigenvalue weighted by Gasteiger charge is 2.28. The molecule has 0 saturated carbocycles. The number of hydrazine groups is 1. The Morgan fingerprint density at radius 2 is 2.19 bits per heavy atom. The summed E-state index contributed by atoms with van der Waals surface area (Å²) in [6.07, 6.45) is 10.4. The maximum Gasteiger partial charge on any atom is 0.267 e. The van der Waals surface area contributed by atoms with Crippen LogP contribution in [0, 0.1) is 11.2 Å². The number of rotatable bonds is 2. The van der Waals surface area contributed by atoms with E-state index >= 15 is 0 Å². The molecular formula is C18H20BN7S. The number of nitrogens with one attached hydrogen (secondary N) is 1. The monoisotopic (exact) mass is 377 g/mol. The molecule has 0 aliphatic carbocycles. The third-order valence-corrected chi connectivity index (χ3v) is 6.47. The summed E-state index contributed by atoms with van der Waals surface area (Å²) < 4.78 is 1.90. The number of fused-ring (bicyclic) bond motifs is 2. The number of nitrogens with zero attached hydrogens (tertiary/aromatic N) is 6. The van der Waals surface area contributed by atoms with E-state index in [4.69, 9.17) is 15.3 Å². The topological polar surface area (TPSA) is 81.6 Å². The molecular weight excluding hydrogens is 357 g/mol. The van der Waals surface area contributed by atoms with Crippen molar-refractivity contribution in [2.75, 3.05) is 0 Å². The van der Waals surface area contributed by atoms with Crippen molar-refractivity contribution in [2.45, 2.75) is 51.4 Å². The number of aromatic nitrogens is 3. The highest BCUT2D eigenvalue weighted by molar-refractivity contribution is 7.17. The third-order valence-electron chi connectivity index (χ3n) is 5.50. The lowest BCUT2D eigenvalue weighted by Crippen LogP contribution is -2.37. The third kappa shape index (κ3) is 2.89. The fraction of sp³-hybridized carbons (Fsp3) is 0.444. The SMILES string of the molecule is CC1=CC(c2nn3cc(C4CCB(C#N)CC4)nc3s2)=CN2NC(C)N=C12. The number of hydrogen-bond donors (Lipinski definition) is 1. The Bertz CT molecular complexity index is 1000. The van der Waals surface area contributed by atoms with E-state index in [9.17, 15) is 0 Å². The van der Waals surface area contributed by atoms with Gasteiger partial charge in [-0.15, -0.1) is 0 Å². The lowest BCUT2D eigenvalue weighted by molar-refractivity contribution is 0.395. The summed E-state index contributed by atoms with van der Waals surface area (Å²) in [6, 6.07) is 0. The minimum Gasteiger partial charge on any atom is -0.264 e. The number of nitriles is 1. The second-order valence-electron chi connectivity index (χ2n) is 7.52. The summed E-state index contributed by atoms with van der Waals surface area (Å²) in [6.45, 7) is 4.33. The van der Waals surface area contributed by atoms with E-state index in [1.807, 2.05) is 16.4 Å². The van der Waals surface area contributed by atoms with Crippen LogP contribution in [-0.4, -0.2) is 38.3 Å². The lowest BCUT2D eigenvalue weighted by atomic mass is 9.41. The molecule has 7 nitrogen and oxygen atoms in total. The van der Waals surface area contributed by atoms with Gasteiger partial charge in [0.25, 0.3) is 6.71 Å². The maximum absolute atomic E-state index is 9.07. The fourth-order valence-corrected chi connectivity index (χ4v) is 4.94. The van der Waals surface area contributed by atoms with Crippen LogP contribution >= 0.6 is 11.3 Å². The largest absolute Gasteiger partial charge is 0.267 e. The normalized spacial score (nSPS) is 23.1. The summed E-state index contributed by atoms with van der Waals surface area (Å²) >= 11 is 1.61. The van der Waals surface area contributed by atoms with Gasteiger partial charge in [-0.3, -0.25) is 5.01 Å². The van der Waals surface area contributed by atoms with Crippen molar-refractivity contribution in [3.63, 3.8) is 0 Å². The Morgan fingerprint density at radius 1 is 1.37 bits per heavy atom. The Labute approximate surface area is 162 Å². The van der Waals surface area contributed by atoms with Crippen LogP contribution in [0.25, 0.3) is 10.5 Å². The Hall–Kier alpha value is -2.44. The molecule has 0 aromatic carbocycles. The predicted molar refractivity (Wildman–Crippen MR) is 107 cm³/mol. The van der Waals surface area contributed by atoms with Crippen LogP contribution in [0.4, 0.5) is 0 Å². The number of amidine groups is 1. The maximum atomic E-state index is 9.07. The highest BCUT2D eigenvalue weighted by Crippen LogP contribution is 2.34. The molecule has 0 bridgehead atoms. The number of allylic oxidation sites excluding steroid dienone is 2. The van der Waals surface area contributed by atoms with Gasteiger partial charge in [-0.2, -0.15) is 5.10 Å². The molecule has 0 radical (unpaired) electrons. The average molecular weight is 377 g/mol. The van der Waals surface area contributed by atoms with E-state index < -0.39 is 0 Å². The Balaban J connectivity index is 1.39. The fourth-order valence-electron chi connectivity index (χ4n) is 4.07. The molecule has 3 aliphatic rings. The molecule has 1 unspecified atom stereocenters. The summed E-state index contributed by atoms with van der Waals surface area (Å²) in [7, 11) is 0. The van der Waals surface area contributed by atoms with E-state index in [0.717, 1.165) is 58.1 Å². The molecule has 0 amide bonds. The van der Waals surface area contributed by atoms with Gasteiger partial charge in [0.2, 0.25) is 4.96 Å². The first-order chi connectivity index (χ1) is 13.1. The second-order valence-corrected chi connectivity index (χ2v) is 8.47. The molecule has 2 aromatic rings. The van der Waals surface area contributed by atoms with Crippen LogP contribution in [0.1, 0.15) is 43.3 Å². The van der Waals surface area contributed by atoms with Crippen molar-refractivity contribution in [1.82, 2.24) is 25.0 Å². The average Bonchev–Trinajstić information content (AvgIpc) is 3.34. The quantitative estimate of drug-likeness (QED) is 0.814. The van der Waals surface area contributed by atoms with Gasteiger partial charge in [-0.1, -0.05) is 36.8 Å². The van der Waals surface area contributed by atoms with Crippen LogP contribution < -0.4 is 5.43 Å². The van der Waals surface area contributed by atoms with E-state index in [0.29, 0.717) is 5.92 Å². The molecule has 2 aromatic heterocycles. The van der Waals surface area contributed by atoms with Crippen LogP contribution in [0.15, 0.2) is 29.0 Å². The van der Waals surface area contributed by atoms with E-state index in [1.54, 1.807) is 11.3 Å². The summed E-state index contributed by atoms with van der Waals surface area (Å²) in [5.74, 6) is 3.83. The molecule has 9 heteroatoms. The van der Waals surface area contributed by atoms with Crippen molar-refractivity contribution in [3.8, 4) is 5.97 Å². The summed E-state index contributed by atoms with van der Waals surface area (Å²) in [5.41, 5.74) is 6.63. The molecule has 136 valence electrons. The van der Waals surface area contributed by atoms with Gasteiger partial charge in [0.05, 0.1) is 11.9 Å². The van der Waals surface area contributed by atoms with Crippen molar-refractivity contribution in [2.24, 2.45) is 4.99 Å². The van der Waals surface area contributed by atoms with Crippen LogP contribution in [0.5, 0.6) is 0 Å². The summed E-state index contributed by atoms with van der Waals surface area (Å²) in [5, 5.41) is 16.8. The standard InChI is InChI=1S/C18H20BN7S/c1-11-7-14(8-25-16(11)21-12(2)23-25)17-24-26-9-15(22-18(26)27-17)13-3-5-19(10-20)6-4-13/h7-9,12-13,23H,3-6H2,1-2H3. The van der Waals surface area contributed by atoms with Crippen molar-refractivity contribution in [3.05, 3.63) is 34.7 Å². The van der Waals surface area contributed by atoms with E-state index in [-0.39, 0.29) is 12.9 Å². The van der Waals surface area contributed by atoms with Gasteiger partial charge in [-0.25, -0.2) is 25.2 Å². The molecule has 1 N–H and O–H groups in total. The number of hydrogen-bond acceptors (Lipinski definition) is 7. The van der Waals surface area contributed by atoms with E-state index in [2.05, 4.69) is 41.8 Å². The molecule has 3 aliphatic heterocycles. The molecule has 1 saturated heterocycles. The predicted octanol–water partition coefficient (Wildman–Crippen LogP) is 3.09. The van der Waals surface area contributed by atoms with Crippen molar-refractivity contribution in [1.29, 1.82) is 5.26 Å². The number of aliphatic imine (C=N–C) groups is 1. The first-order valence-corrected chi connectivity index (χ1v) is 10.2. The Morgan fingerprint density at radius 3 is 2.93 bits per heavy atom. The zero-order chi connectivity index (χ0) is 18.5. The molecule has 1 atom stereocenters. The number of imidazole rings is 1. The van der Waals surface area contributed by atoms with Gasteiger partial charge in [0.15, 0.2) is 0 Å². The molecule has 5 rings (SSSR count). The lowest BCUT2D eigenvalue weighted by Gasteiger charge is -2.21. The zero-order valence-electron chi connectivity index (χ0n) is 15.4. The summed E-state index contributed by atoms with van der Waals surface area (Å²) in [4.78, 5) is 10.4. The van der Waals surface area contributed by atoms with Crippen LogP contribution in [0.2, 0.25) is 12.6 Å². The molecule has 0 spiro atoms. The molecule has 5 heterocycles. The van der Waals surface area contributed by atoms with Gasteiger partial charge in [0.1, 0.15) is 17.0 Å². The van der Waals surface area contributed by atoms with Gasteiger partial charge >= 0.3 is 0 Å². The van der Waals surface area contributed by atoms with E-state index in [1.165, 1.54) is 0 Å². The molecule has 27 heavy (non-hydrogen) atoms. The highest BCUT2D eigenvalue weighted by atomic mass is 32.1. The van der Waals surface area contributed by atoms with Gasteiger partial charge < -0.3 is 0 Å². The zero-order valence-corrected chi connectivity index (χ0v) is 16.2. The smallest absolute Gasteiger partial charge is 0.264 e. The van der Waals surface area contributed by atoms with Crippen molar-refractivity contribution < 1.29 is 0 Å². The first-order valence-electron chi connectivity index (χ1n) is 9.40. The second kappa shape index (κ2) is 6.32. The van der Waals surface area contributed by atoms with Crippen molar-refractivity contribution >= 4 is 34.4 Å². The van der Waals surface area contributed by atoms with Gasteiger partial charge in [-0.05, 0) is 25.5 Å². The van der Waals surface area contributed by atoms with Gasteiger partial charge in [0, 0.05) is 23.7 Å². The Kier molecular flexibility index (Phi) is 3.91. The molecule has 1 fully saturated rings.